The van der Waals surface area contributed by atoms with Gasteiger partial charge >= 0.3 is 5.97 Å². The molecule has 4 aromatic rings. The summed E-state index contributed by atoms with van der Waals surface area (Å²) in [4.78, 5) is 34.5. The average molecular weight is 400 g/mol. The molecular formula is C24H20N2O4. The van der Waals surface area contributed by atoms with E-state index in [0.29, 0.717) is 24.2 Å². The predicted molar refractivity (Wildman–Crippen MR) is 116 cm³/mol. The van der Waals surface area contributed by atoms with Crippen molar-refractivity contribution >= 4 is 45.7 Å². The number of Topliss-reactive ketones (excluding diaryl/α,β-unsaturated/α-hetero) is 1. The molecule has 1 heterocycles. The molecule has 3 aromatic carbocycles. The van der Waals surface area contributed by atoms with E-state index < -0.39 is 5.97 Å². The van der Waals surface area contributed by atoms with Crippen molar-refractivity contribution in [2.24, 2.45) is 0 Å². The largest absolute Gasteiger partial charge is 0.481 e. The average Bonchev–Trinajstić information content (AvgIpc) is 3.07. The maximum atomic E-state index is 12.5. The molecule has 0 aliphatic rings. The normalized spacial score (nSPS) is 10.9. The number of hydrogen-bond acceptors (Lipinski definition) is 3. The minimum Gasteiger partial charge on any atom is -0.481 e. The first-order valence-electron chi connectivity index (χ1n) is 9.62. The second kappa shape index (κ2) is 8.21. The molecule has 0 bridgehead atoms. The molecule has 0 radical (unpaired) electrons. The minimum absolute atomic E-state index is 0.0526. The smallest absolute Gasteiger partial charge is 0.303 e. The zero-order valence-electron chi connectivity index (χ0n) is 16.2. The Balaban J connectivity index is 1.90. The maximum absolute atomic E-state index is 12.5. The van der Waals surface area contributed by atoms with Crippen molar-refractivity contribution in [3.63, 3.8) is 0 Å². The van der Waals surface area contributed by atoms with Crippen LogP contribution in [0.4, 0.5) is 5.69 Å². The Morgan fingerprint density at radius 3 is 2.47 bits per heavy atom. The van der Waals surface area contributed by atoms with Crippen molar-refractivity contribution < 1.29 is 19.5 Å². The van der Waals surface area contributed by atoms with Gasteiger partial charge < -0.3 is 15.0 Å². The highest BCUT2D eigenvalue weighted by Crippen LogP contribution is 2.35. The first kappa shape index (κ1) is 19.4. The molecule has 0 saturated carbocycles. The summed E-state index contributed by atoms with van der Waals surface area (Å²) in [5, 5.41) is 13.3. The molecular weight excluding hydrogens is 380 g/mol. The van der Waals surface area contributed by atoms with Crippen molar-refractivity contribution in [3.8, 4) is 0 Å². The maximum Gasteiger partial charge on any atom is 0.303 e. The molecule has 0 spiro atoms. The van der Waals surface area contributed by atoms with E-state index in [4.69, 9.17) is 5.11 Å². The quantitative estimate of drug-likeness (QED) is 0.338. The predicted octanol–water partition coefficient (Wildman–Crippen LogP) is 4.46. The summed E-state index contributed by atoms with van der Waals surface area (Å²) in [6, 6.07) is 21.1. The zero-order valence-corrected chi connectivity index (χ0v) is 16.2. The second-order valence-electron chi connectivity index (χ2n) is 7.08. The van der Waals surface area contributed by atoms with Crippen LogP contribution >= 0.6 is 0 Å². The Morgan fingerprint density at radius 1 is 0.933 bits per heavy atom. The van der Waals surface area contributed by atoms with Crippen LogP contribution in [0.5, 0.6) is 0 Å². The molecule has 6 heteroatoms. The Bertz CT molecular complexity index is 1260. The number of rotatable bonds is 8. The number of carboxylic acid groups (broad SMARTS) is 1. The lowest BCUT2D eigenvalue weighted by atomic mass is 10.0. The zero-order chi connectivity index (χ0) is 21.1. The second-order valence-corrected chi connectivity index (χ2v) is 7.08. The number of hydrogen-bond donors (Lipinski definition) is 2. The molecule has 0 aliphatic carbocycles. The molecule has 1 aromatic heterocycles. The summed E-state index contributed by atoms with van der Waals surface area (Å²) in [5.74, 6) is -1.22. The van der Waals surface area contributed by atoms with Crippen molar-refractivity contribution in [3.05, 3.63) is 77.9 Å². The summed E-state index contributed by atoms with van der Waals surface area (Å²) in [6.07, 6.45) is 0.379. The molecule has 0 aliphatic heterocycles. The molecule has 1 amide bonds. The van der Waals surface area contributed by atoms with Gasteiger partial charge in [0.15, 0.2) is 5.78 Å². The summed E-state index contributed by atoms with van der Waals surface area (Å²) in [6.45, 7) is 0.637. The summed E-state index contributed by atoms with van der Waals surface area (Å²) in [5.41, 5.74) is 4.13. The number of nitrogens with zero attached hydrogens (tertiary/aromatic N) is 1. The fraction of sp³-hybridized carbons (Fsp3) is 0.125. The van der Waals surface area contributed by atoms with E-state index in [9.17, 15) is 14.4 Å². The van der Waals surface area contributed by atoms with Gasteiger partial charge in [0.25, 0.3) is 0 Å². The molecule has 0 saturated heterocycles. The highest BCUT2D eigenvalue weighted by Gasteiger charge is 2.17. The molecule has 30 heavy (non-hydrogen) atoms. The van der Waals surface area contributed by atoms with E-state index in [0.717, 1.165) is 27.4 Å². The lowest BCUT2D eigenvalue weighted by molar-refractivity contribution is -0.136. The molecule has 2 N–H and O–H groups in total. The van der Waals surface area contributed by atoms with Gasteiger partial charge in [0, 0.05) is 34.8 Å². The monoisotopic (exact) mass is 400 g/mol. The summed E-state index contributed by atoms with van der Waals surface area (Å²) >= 11 is 0. The van der Waals surface area contributed by atoms with Crippen molar-refractivity contribution in [2.75, 3.05) is 5.32 Å². The standard InChI is InChI=1S/C24H20N2O4/c27-15-25-19-7-4-8-21-24(19)18-13-17(22(28)11-12-23(29)30)9-10-20(18)26(21)14-16-5-2-1-3-6-16/h1-10,13,15H,11-12,14H2,(H,25,27)(H,29,30). The van der Waals surface area contributed by atoms with Gasteiger partial charge in [-0.3, -0.25) is 14.4 Å². The topological polar surface area (TPSA) is 88.4 Å². The van der Waals surface area contributed by atoms with E-state index in [1.54, 1.807) is 12.1 Å². The van der Waals surface area contributed by atoms with Gasteiger partial charge in [-0.1, -0.05) is 36.4 Å². The van der Waals surface area contributed by atoms with Crippen LogP contribution in [0.2, 0.25) is 0 Å². The van der Waals surface area contributed by atoms with Crippen LogP contribution in [0.15, 0.2) is 66.7 Å². The number of aliphatic carboxylic acids is 1. The highest BCUT2D eigenvalue weighted by molar-refractivity contribution is 6.16. The molecule has 0 unspecified atom stereocenters. The van der Waals surface area contributed by atoms with Gasteiger partial charge in [-0.25, -0.2) is 0 Å². The third-order valence-electron chi connectivity index (χ3n) is 5.18. The van der Waals surface area contributed by atoms with Gasteiger partial charge in [0.2, 0.25) is 6.41 Å². The van der Waals surface area contributed by atoms with E-state index in [1.807, 2.05) is 42.5 Å². The number of aromatic nitrogens is 1. The van der Waals surface area contributed by atoms with Crippen LogP contribution in [0.3, 0.4) is 0 Å². The molecule has 6 nitrogen and oxygen atoms in total. The number of fused-ring (bicyclic) bond motifs is 3. The van der Waals surface area contributed by atoms with E-state index >= 15 is 0 Å². The number of amides is 1. The third-order valence-corrected chi connectivity index (χ3v) is 5.18. The van der Waals surface area contributed by atoms with Crippen LogP contribution in [-0.2, 0) is 16.1 Å². The SMILES string of the molecule is O=CNc1cccc2c1c1cc(C(=O)CCC(=O)O)ccc1n2Cc1ccccc1. The van der Waals surface area contributed by atoms with Crippen LogP contribution in [-0.4, -0.2) is 27.8 Å². The first-order chi connectivity index (χ1) is 14.6. The fourth-order valence-electron chi connectivity index (χ4n) is 3.81. The van der Waals surface area contributed by atoms with Gasteiger partial charge in [0.05, 0.1) is 17.6 Å². The Labute approximate surface area is 172 Å². The number of anilines is 1. The van der Waals surface area contributed by atoms with Crippen molar-refractivity contribution in [2.45, 2.75) is 19.4 Å². The summed E-state index contributed by atoms with van der Waals surface area (Å²) in [7, 11) is 0. The molecule has 4 rings (SSSR count). The van der Waals surface area contributed by atoms with Crippen molar-refractivity contribution in [1.82, 2.24) is 4.57 Å². The number of nitrogens with one attached hydrogen (secondary N) is 1. The van der Waals surface area contributed by atoms with Crippen LogP contribution in [0.1, 0.15) is 28.8 Å². The summed E-state index contributed by atoms with van der Waals surface area (Å²) < 4.78 is 2.15. The number of carbonyl (C=O) groups excluding carboxylic acids is 2. The lowest BCUT2D eigenvalue weighted by Crippen LogP contribution is -2.04. The van der Waals surface area contributed by atoms with Gasteiger partial charge in [-0.2, -0.15) is 0 Å². The lowest BCUT2D eigenvalue weighted by Gasteiger charge is -2.08. The Morgan fingerprint density at radius 2 is 1.73 bits per heavy atom. The number of ketones is 1. The third kappa shape index (κ3) is 3.67. The Hall–Kier alpha value is -3.93. The van der Waals surface area contributed by atoms with Crippen LogP contribution in [0, 0.1) is 0 Å². The first-order valence-corrected chi connectivity index (χ1v) is 9.62. The van der Waals surface area contributed by atoms with Crippen LogP contribution in [0.25, 0.3) is 21.8 Å². The van der Waals surface area contributed by atoms with Crippen LogP contribution < -0.4 is 5.32 Å². The number of carbonyl (C=O) groups is 3. The van der Waals surface area contributed by atoms with E-state index in [1.165, 1.54) is 0 Å². The molecule has 150 valence electrons. The van der Waals surface area contributed by atoms with E-state index in [-0.39, 0.29) is 18.6 Å². The number of benzene rings is 3. The van der Waals surface area contributed by atoms with E-state index in [2.05, 4.69) is 22.0 Å². The van der Waals surface area contributed by atoms with Gasteiger partial charge in [-0.05, 0) is 35.9 Å². The van der Waals surface area contributed by atoms with Gasteiger partial charge in [-0.15, -0.1) is 0 Å². The highest BCUT2D eigenvalue weighted by atomic mass is 16.4. The van der Waals surface area contributed by atoms with Crippen molar-refractivity contribution in [1.29, 1.82) is 0 Å². The Kier molecular flexibility index (Phi) is 5.30. The minimum atomic E-state index is -0.999. The molecule has 0 fully saturated rings. The molecule has 0 atom stereocenters. The number of carboxylic acids is 1. The van der Waals surface area contributed by atoms with Gasteiger partial charge in [0.1, 0.15) is 0 Å². The fourth-order valence-corrected chi connectivity index (χ4v) is 3.81.